The normalized spacial score (nSPS) is 12.6. The van der Waals surface area contributed by atoms with Gasteiger partial charge in [-0.25, -0.2) is 0 Å². The smallest absolute Gasteiger partial charge is 0.253 e. The number of halogens is 1. The SMILES string of the molecule is CC(C)C(C)N(C)C(=O)c1ccc(I)c(O)c1. The molecule has 94 valence electrons. The van der Waals surface area contributed by atoms with Crippen LogP contribution in [0.3, 0.4) is 0 Å². The molecule has 1 unspecified atom stereocenters. The van der Waals surface area contributed by atoms with Gasteiger partial charge in [-0.1, -0.05) is 13.8 Å². The van der Waals surface area contributed by atoms with Crippen LogP contribution in [0.1, 0.15) is 31.1 Å². The average molecular weight is 347 g/mol. The molecular weight excluding hydrogens is 329 g/mol. The molecule has 1 aromatic carbocycles. The molecular formula is C13H18INO2. The molecule has 4 heteroatoms. The van der Waals surface area contributed by atoms with E-state index in [0.29, 0.717) is 11.5 Å². The number of phenolic OH excluding ortho intramolecular Hbond substituents is 1. The number of phenols is 1. The molecule has 0 fully saturated rings. The lowest BCUT2D eigenvalue weighted by molar-refractivity contribution is 0.0706. The van der Waals surface area contributed by atoms with Crippen LogP contribution in [0.25, 0.3) is 0 Å². The fraction of sp³-hybridized carbons (Fsp3) is 0.462. The van der Waals surface area contributed by atoms with Crippen molar-refractivity contribution in [3.8, 4) is 5.75 Å². The van der Waals surface area contributed by atoms with Crippen LogP contribution in [0, 0.1) is 9.49 Å². The van der Waals surface area contributed by atoms with Gasteiger partial charge in [-0.2, -0.15) is 0 Å². The van der Waals surface area contributed by atoms with E-state index in [2.05, 4.69) is 13.8 Å². The van der Waals surface area contributed by atoms with Gasteiger partial charge in [0.05, 0.1) is 3.57 Å². The van der Waals surface area contributed by atoms with Crippen LogP contribution < -0.4 is 0 Å². The van der Waals surface area contributed by atoms with Crippen molar-refractivity contribution >= 4 is 28.5 Å². The largest absolute Gasteiger partial charge is 0.507 e. The van der Waals surface area contributed by atoms with Gasteiger partial charge in [-0.3, -0.25) is 4.79 Å². The predicted octanol–water partition coefficient (Wildman–Crippen LogP) is 3.11. The highest BCUT2D eigenvalue weighted by molar-refractivity contribution is 14.1. The molecule has 0 heterocycles. The molecule has 0 aliphatic carbocycles. The number of rotatable bonds is 3. The minimum Gasteiger partial charge on any atom is -0.507 e. The Balaban J connectivity index is 2.92. The van der Waals surface area contributed by atoms with E-state index in [1.54, 1.807) is 24.1 Å². The molecule has 1 aromatic rings. The topological polar surface area (TPSA) is 40.5 Å². The van der Waals surface area contributed by atoms with Crippen LogP contribution in [-0.4, -0.2) is 29.0 Å². The first-order valence-corrected chi connectivity index (χ1v) is 6.68. The van der Waals surface area contributed by atoms with E-state index in [9.17, 15) is 9.90 Å². The highest BCUT2D eigenvalue weighted by atomic mass is 127. The van der Waals surface area contributed by atoms with Gasteiger partial charge in [-0.15, -0.1) is 0 Å². The van der Waals surface area contributed by atoms with Crippen molar-refractivity contribution in [3.63, 3.8) is 0 Å². The number of nitrogens with zero attached hydrogens (tertiary/aromatic N) is 1. The van der Waals surface area contributed by atoms with Crippen LogP contribution in [-0.2, 0) is 0 Å². The molecule has 0 radical (unpaired) electrons. The number of hydrogen-bond acceptors (Lipinski definition) is 2. The quantitative estimate of drug-likeness (QED) is 0.854. The van der Waals surface area contributed by atoms with Crippen molar-refractivity contribution in [1.29, 1.82) is 0 Å². The van der Waals surface area contributed by atoms with Gasteiger partial charge < -0.3 is 10.0 Å². The Labute approximate surface area is 116 Å². The maximum absolute atomic E-state index is 12.2. The van der Waals surface area contributed by atoms with Gasteiger partial charge in [0.15, 0.2) is 0 Å². The Bertz CT molecular complexity index is 418. The second-order valence-electron chi connectivity index (χ2n) is 4.57. The number of amides is 1. The van der Waals surface area contributed by atoms with Gasteiger partial charge >= 0.3 is 0 Å². The molecule has 0 aromatic heterocycles. The van der Waals surface area contributed by atoms with Crippen molar-refractivity contribution in [2.24, 2.45) is 5.92 Å². The monoisotopic (exact) mass is 347 g/mol. The molecule has 1 atom stereocenters. The van der Waals surface area contributed by atoms with Gasteiger partial charge in [0.1, 0.15) is 5.75 Å². The fourth-order valence-electron chi connectivity index (χ4n) is 1.48. The van der Waals surface area contributed by atoms with Crippen LogP contribution in [0.5, 0.6) is 5.75 Å². The van der Waals surface area contributed by atoms with Crippen molar-refractivity contribution in [1.82, 2.24) is 4.90 Å². The minimum absolute atomic E-state index is 0.0575. The summed E-state index contributed by atoms with van der Waals surface area (Å²) in [6.07, 6.45) is 0. The average Bonchev–Trinajstić information content (AvgIpc) is 2.29. The fourth-order valence-corrected chi connectivity index (χ4v) is 1.82. The van der Waals surface area contributed by atoms with Crippen LogP contribution in [0.15, 0.2) is 18.2 Å². The second kappa shape index (κ2) is 5.71. The summed E-state index contributed by atoms with van der Waals surface area (Å²) in [4.78, 5) is 13.9. The van der Waals surface area contributed by atoms with E-state index >= 15 is 0 Å². The lowest BCUT2D eigenvalue weighted by atomic mass is 10.0. The Morgan fingerprint density at radius 3 is 2.41 bits per heavy atom. The van der Waals surface area contributed by atoms with Gasteiger partial charge in [-0.05, 0) is 53.6 Å². The Kier molecular flexibility index (Phi) is 4.80. The number of carbonyl (C=O) groups is 1. The van der Waals surface area contributed by atoms with Crippen molar-refractivity contribution in [2.75, 3.05) is 7.05 Å². The molecule has 17 heavy (non-hydrogen) atoms. The highest BCUT2D eigenvalue weighted by Crippen LogP contribution is 2.22. The first-order chi connectivity index (χ1) is 7.84. The standard InChI is InChI=1S/C13H18INO2/c1-8(2)9(3)15(4)13(17)10-5-6-11(14)12(16)7-10/h5-9,16H,1-4H3. The summed E-state index contributed by atoms with van der Waals surface area (Å²) in [7, 11) is 1.79. The lowest BCUT2D eigenvalue weighted by Gasteiger charge is -2.28. The number of hydrogen-bond donors (Lipinski definition) is 1. The third-order valence-corrected chi connectivity index (χ3v) is 4.00. The van der Waals surface area contributed by atoms with E-state index in [4.69, 9.17) is 0 Å². The third kappa shape index (κ3) is 3.34. The first kappa shape index (κ1) is 14.3. The van der Waals surface area contributed by atoms with E-state index in [1.165, 1.54) is 6.07 Å². The lowest BCUT2D eigenvalue weighted by Crippen LogP contribution is -2.38. The Morgan fingerprint density at radius 2 is 1.94 bits per heavy atom. The van der Waals surface area contributed by atoms with Crippen LogP contribution >= 0.6 is 22.6 Å². The number of carbonyl (C=O) groups excluding carboxylic acids is 1. The summed E-state index contributed by atoms with van der Waals surface area (Å²) in [6, 6.07) is 5.18. The maximum Gasteiger partial charge on any atom is 0.253 e. The van der Waals surface area contributed by atoms with Gasteiger partial charge in [0.2, 0.25) is 0 Å². The summed E-state index contributed by atoms with van der Waals surface area (Å²) in [5, 5.41) is 9.60. The van der Waals surface area contributed by atoms with E-state index in [1.807, 2.05) is 29.5 Å². The zero-order valence-corrected chi connectivity index (χ0v) is 12.7. The molecule has 0 aliphatic heterocycles. The van der Waals surface area contributed by atoms with E-state index < -0.39 is 0 Å². The molecule has 1 rings (SSSR count). The molecule has 3 nitrogen and oxygen atoms in total. The second-order valence-corrected chi connectivity index (χ2v) is 5.73. The van der Waals surface area contributed by atoms with Crippen LogP contribution in [0.4, 0.5) is 0 Å². The van der Waals surface area contributed by atoms with Crippen LogP contribution in [0.2, 0.25) is 0 Å². The molecule has 0 saturated heterocycles. The summed E-state index contributed by atoms with van der Waals surface area (Å²) in [6.45, 7) is 6.19. The number of benzene rings is 1. The Morgan fingerprint density at radius 1 is 1.35 bits per heavy atom. The first-order valence-electron chi connectivity index (χ1n) is 5.60. The minimum atomic E-state index is -0.0575. The predicted molar refractivity (Wildman–Crippen MR) is 77.2 cm³/mol. The summed E-state index contributed by atoms with van der Waals surface area (Å²) < 4.78 is 0.749. The Hall–Kier alpha value is -0.780. The molecule has 0 saturated carbocycles. The van der Waals surface area contributed by atoms with Gasteiger partial charge in [0, 0.05) is 18.7 Å². The molecule has 0 spiro atoms. The third-order valence-electron chi connectivity index (χ3n) is 3.09. The summed E-state index contributed by atoms with van der Waals surface area (Å²) >= 11 is 2.03. The highest BCUT2D eigenvalue weighted by Gasteiger charge is 2.20. The van der Waals surface area contributed by atoms with Crippen molar-refractivity contribution in [3.05, 3.63) is 27.3 Å². The molecule has 0 bridgehead atoms. The molecule has 1 N–H and O–H groups in total. The summed E-state index contributed by atoms with van der Waals surface area (Å²) in [5.74, 6) is 0.501. The zero-order chi connectivity index (χ0) is 13.2. The van der Waals surface area contributed by atoms with E-state index in [0.717, 1.165) is 3.57 Å². The summed E-state index contributed by atoms with van der Waals surface area (Å²) in [5.41, 5.74) is 0.526. The maximum atomic E-state index is 12.2. The number of aromatic hydroxyl groups is 1. The van der Waals surface area contributed by atoms with E-state index in [-0.39, 0.29) is 17.7 Å². The molecule has 0 aliphatic rings. The van der Waals surface area contributed by atoms with Crippen molar-refractivity contribution < 1.29 is 9.90 Å². The zero-order valence-electron chi connectivity index (χ0n) is 10.6. The van der Waals surface area contributed by atoms with Gasteiger partial charge in [0.25, 0.3) is 5.91 Å². The van der Waals surface area contributed by atoms with Crippen molar-refractivity contribution in [2.45, 2.75) is 26.8 Å². The molecule has 1 amide bonds.